The van der Waals surface area contributed by atoms with Crippen LogP contribution in [0.4, 0.5) is 0 Å². The molecule has 1 rings (SSSR count). The Bertz CT molecular complexity index is 232. The van der Waals surface area contributed by atoms with Crippen LogP contribution in [0, 0.1) is 0 Å². The predicted molar refractivity (Wildman–Crippen MR) is 46.0 cm³/mol. The van der Waals surface area contributed by atoms with Gasteiger partial charge in [0.2, 0.25) is 0 Å². The van der Waals surface area contributed by atoms with Gasteiger partial charge < -0.3 is 9.72 Å². The molecule has 0 aromatic carbocycles. The Morgan fingerprint density at radius 1 is 1.36 bits per heavy atom. The first-order chi connectivity index (χ1) is 5.04. The number of hydrogen-bond donors (Lipinski definition) is 1. The summed E-state index contributed by atoms with van der Waals surface area (Å²) in [5.74, 6) is 0.898. The van der Waals surface area contributed by atoms with Gasteiger partial charge in [-0.1, -0.05) is 20.8 Å². The second-order valence-electron chi connectivity index (χ2n) is 3.70. The monoisotopic (exact) mass is 153 g/mol. The van der Waals surface area contributed by atoms with Gasteiger partial charge in [-0.15, -0.1) is 0 Å². The summed E-state index contributed by atoms with van der Waals surface area (Å²) in [7, 11) is 1.68. The largest absolute Gasteiger partial charge is 0.495 e. The molecule has 0 bridgehead atoms. The summed E-state index contributed by atoms with van der Waals surface area (Å²) >= 11 is 0. The van der Waals surface area contributed by atoms with Crippen molar-refractivity contribution in [3.05, 3.63) is 18.0 Å². The zero-order chi connectivity index (χ0) is 8.48. The van der Waals surface area contributed by atoms with Gasteiger partial charge in [0.05, 0.1) is 7.11 Å². The Morgan fingerprint density at radius 3 is 2.27 bits per heavy atom. The minimum atomic E-state index is 0.177. The zero-order valence-electron chi connectivity index (χ0n) is 7.56. The van der Waals surface area contributed by atoms with Gasteiger partial charge in [-0.3, -0.25) is 0 Å². The predicted octanol–water partition coefficient (Wildman–Crippen LogP) is 2.32. The summed E-state index contributed by atoms with van der Waals surface area (Å²) < 4.78 is 5.06. The van der Waals surface area contributed by atoms with Crippen LogP contribution in [0.25, 0.3) is 0 Å². The van der Waals surface area contributed by atoms with Crippen molar-refractivity contribution >= 4 is 0 Å². The van der Waals surface area contributed by atoms with Crippen molar-refractivity contribution in [1.82, 2.24) is 4.98 Å². The maximum absolute atomic E-state index is 5.06. The van der Waals surface area contributed by atoms with E-state index in [1.807, 2.05) is 12.3 Å². The molecular formula is C9H15NO. The summed E-state index contributed by atoms with van der Waals surface area (Å²) in [6.07, 6.45) is 1.88. The molecule has 62 valence electrons. The van der Waals surface area contributed by atoms with Crippen molar-refractivity contribution in [3.8, 4) is 5.75 Å². The first-order valence-corrected chi connectivity index (χ1v) is 3.77. The van der Waals surface area contributed by atoms with Crippen LogP contribution in [-0.2, 0) is 5.41 Å². The number of hydrogen-bond acceptors (Lipinski definition) is 1. The maximum Gasteiger partial charge on any atom is 0.136 e. The minimum Gasteiger partial charge on any atom is -0.495 e. The molecule has 0 aliphatic heterocycles. The van der Waals surface area contributed by atoms with Crippen molar-refractivity contribution in [2.45, 2.75) is 26.2 Å². The molecule has 0 unspecified atom stereocenters. The number of methoxy groups -OCH3 is 1. The number of nitrogens with one attached hydrogen (secondary N) is 1. The number of H-pyrrole nitrogens is 1. The fourth-order valence-electron chi connectivity index (χ4n) is 0.925. The first-order valence-electron chi connectivity index (χ1n) is 3.77. The molecule has 1 N–H and O–H groups in total. The fourth-order valence-corrected chi connectivity index (χ4v) is 0.925. The summed E-state index contributed by atoms with van der Waals surface area (Å²) in [6, 6.07) is 2.03. The van der Waals surface area contributed by atoms with E-state index in [2.05, 4.69) is 25.8 Å². The topological polar surface area (TPSA) is 25.0 Å². The molecule has 0 radical (unpaired) electrons. The standard InChI is InChI=1S/C9H15NO/c1-9(2,3)8-5-7(11-4)6-10-8/h5-6,10H,1-4H3. The lowest BCUT2D eigenvalue weighted by Crippen LogP contribution is -2.10. The Balaban J connectivity index is 2.89. The molecule has 1 heterocycles. The Morgan fingerprint density at radius 2 is 2.00 bits per heavy atom. The normalized spacial score (nSPS) is 11.6. The van der Waals surface area contributed by atoms with Gasteiger partial charge in [-0.25, -0.2) is 0 Å². The zero-order valence-corrected chi connectivity index (χ0v) is 7.56. The number of rotatable bonds is 1. The lowest BCUT2D eigenvalue weighted by Gasteiger charge is -2.15. The smallest absolute Gasteiger partial charge is 0.136 e. The lowest BCUT2D eigenvalue weighted by molar-refractivity contribution is 0.415. The molecule has 0 atom stereocenters. The van der Waals surface area contributed by atoms with E-state index in [4.69, 9.17) is 4.74 Å². The van der Waals surface area contributed by atoms with Crippen molar-refractivity contribution in [1.29, 1.82) is 0 Å². The van der Waals surface area contributed by atoms with Crippen LogP contribution in [-0.4, -0.2) is 12.1 Å². The SMILES string of the molecule is COc1c[nH]c(C(C)(C)C)c1. The molecule has 1 aromatic heterocycles. The summed E-state index contributed by atoms with van der Waals surface area (Å²) in [6.45, 7) is 6.49. The van der Waals surface area contributed by atoms with Crippen molar-refractivity contribution < 1.29 is 4.74 Å². The molecular weight excluding hydrogens is 138 g/mol. The molecule has 0 saturated heterocycles. The van der Waals surface area contributed by atoms with Gasteiger partial charge in [0.25, 0.3) is 0 Å². The highest BCUT2D eigenvalue weighted by atomic mass is 16.5. The highest BCUT2D eigenvalue weighted by Crippen LogP contribution is 2.24. The average molecular weight is 153 g/mol. The van der Waals surface area contributed by atoms with Crippen LogP contribution in [0.5, 0.6) is 5.75 Å². The average Bonchev–Trinajstić information content (AvgIpc) is 2.32. The molecule has 0 spiro atoms. The summed E-state index contributed by atoms with van der Waals surface area (Å²) in [4.78, 5) is 3.17. The molecule has 0 aliphatic rings. The molecule has 11 heavy (non-hydrogen) atoms. The van der Waals surface area contributed by atoms with Crippen LogP contribution < -0.4 is 4.74 Å². The molecule has 1 aromatic rings. The quantitative estimate of drug-likeness (QED) is 0.658. The Labute approximate surface area is 67.6 Å². The third-order valence-corrected chi connectivity index (χ3v) is 1.70. The molecule has 0 aliphatic carbocycles. The summed E-state index contributed by atoms with van der Waals surface area (Å²) in [5.41, 5.74) is 1.38. The minimum absolute atomic E-state index is 0.177. The number of aromatic nitrogens is 1. The van der Waals surface area contributed by atoms with Crippen molar-refractivity contribution in [2.75, 3.05) is 7.11 Å². The molecule has 0 saturated carbocycles. The Kier molecular flexibility index (Phi) is 1.94. The highest BCUT2D eigenvalue weighted by Gasteiger charge is 2.15. The van der Waals surface area contributed by atoms with Crippen LogP contribution in [0.2, 0.25) is 0 Å². The van der Waals surface area contributed by atoms with Gasteiger partial charge in [-0.2, -0.15) is 0 Å². The van der Waals surface area contributed by atoms with E-state index in [1.54, 1.807) is 7.11 Å². The van der Waals surface area contributed by atoms with E-state index >= 15 is 0 Å². The number of aromatic amines is 1. The van der Waals surface area contributed by atoms with Crippen LogP contribution in [0.1, 0.15) is 26.5 Å². The second kappa shape index (κ2) is 2.61. The van der Waals surface area contributed by atoms with E-state index < -0.39 is 0 Å². The third kappa shape index (κ3) is 1.76. The molecule has 0 amide bonds. The van der Waals surface area contributed by atoms with Crippen LogP contribution in [0.15, 0.2) is 12.3 Å². The van der Waals surface area contributed by atoms with E-state index in [9.17, 15) is 0 Å². The maximum atomic E-state index is 5.06. The first kappa shape index (κ1) is 8.18. The Hall–Kier alpha value is -0.920. The van der Waals surface area contributed by atoms with Gasteiger partial charge >= 0.3 is 0 Å². The van der Waals surface area contributed by atoms with Crippen LogP contribution >= 0.6 is 0 Å². The number of ether oxygens (including phenoxy) is 1. The van der Waals surface area contributed by atoms with Gasteiger partial charge in [-0.05, 0) is 0 Å². The highest BCUT2D eigenvalue weighted by molar-refractivity contribution is 5.26. The van der Waals surface area contributed by atoms with E-state index in [0.29, 0.717) is 0 Å². The molecule has 2 heteroatoms. The van der Waals surface area contributed by atoms with E-state index in [-0.39, 0.29) is 5.41 Å². The van der Waals surface area contributed by atoms with E-state index in [0.717, 1.165) is 5.75 Å². The van der Waals surface area contributed by atoms with Gasteiger partial charge in [0.1, 0.15) is 5.75 Å². The molecule has 2 nitrogen and oxygen atoms in total. The summed E-state index contributed by atoms with van der Waals surface area (Å²) in [5, 5.41) is 0. The molecule has 0 fully saturated rings. The van der Waals surface area contributed by atoms with E-state index in [1.165, 1.54) is 5.69 Å². The van der Waals surface area contributed by atoms with Crippen LogP contribution in [0.3, 0.4) is 0 Å². The van der Waals surface area contributed by atoms with Crippen molar-refractivity contribution in [3.63, 3.8) is 0 Å². The van der Waals surface area contributed by atoms with Gasteiger partial charge in [0.15, 0.2) is 0 Å². The van der Waals surface area contributed by atoms with Gasteiger partial charge in [0, 0.05) is 23.4 Å². The second-order valence-corrected chi connectivity index (χ2v) is 3.70. The van der Waals surface area contributed by atoms with Crippen molar-refractivity contribution in [2.24, 2.45) is 0 Å². The fraction of sp³-hybridized carbons (Fsp3) is 0.556. The third-order valence-electron chi connectivity index (χ3n) is 1.70. The lowest BCUT2D eigenvalue weighted by atomic mass is 9.93.